The standard InChI is InChI=1S/C14H14N4O2/c1-16-14(19)18-11-4-2-10(3-5-11)17-9-13-7-6-12(8-15)20-13/h2-7,17H,9H2,1H3,(H2,16,18,19). The van der Waals surface area contributed by atoms with Crippen LogP contribution in [0.4, 0.5) is 16.2 Å². The highest BCUT2D eigenvalue weighted by molar-refractivity contribution is 5.89. The van der Waals surface area contributed by atoms with E-state index < -0.39 is 0 Å². The largest absolute Gasteiger partial charge is 0.449 e. The monoisotopic (exact) mass is 270 g/mol. The number of hydrogen-bond donors (Lipinski definition) is 3. The quantitative estimate of drug-likeness (QED) is 0.796. The first-order valence-corrected chi connectivity index (χ1v) is 6.03. The molecule has 2 rings (SSSR count). The molecular formula is C14H14N4O2. The fraction of sp³-hybridized carbons (Fsp3) is 0.143. The van der Waals surface area contributed by atoms with Crippen molar-refractivity contribution in [2.24, 2.45) is 0 Å². The molecule has 0 saturated heterocycles. The summed E-state index contributed by atoms with van der Waals surface area (Å²) >= 11 is 0. The Hall–Kier alpha value is -2.94. The molecule has 0 fully saturated rings. The number of furan rings is 1. The predicted octanol–water partition coefficient (Wildman–Crippen LogP) is 2.51. The summed E-state index contributed by atoms with van der Waals surface area (Å²) in [7, 11) is 1.56. The van der Waals surface area contributed by atoms with E-state index in [4.69, 9.17) is 9.68 Å². The van der Waals surface area contributed by atoms with Crippen molar-refractivity contribution in [3.05, 3.63) is 47.9 Å². The molecule has 1 aromatic heterocycles. The number of nitrogens with zero attached hydrogens (tertiary/aromatic N) is 1. The summed E-state index contributed by atoms with van der Waals surface area (Å²) in [6, 6.07) is 12.3. The van der Waals surface area contributed by atoms with Gasteiger partial charge in [0.25, 0.3) is 0 Å². The van der Waals surface area contributed by atoms with E-state index in [1.807, 2.05) is 18.2 Å². The lowest BCUT2D eigenvalue weighted by atomic mass is 10.2. The molecule has 0 aliphatic rings. The zero-order valence-corrected chi connectivity index (χ0v) is 10.9. The van der Waals surface area contributed by atoms with Crippen molar-refractivity contribution in [2.45, 2.75) is 6.54 Å². The fourth-order valence-electron chi connectivity index (χ4n) is 1.59. The summed E-state index contributed by atoms with van der Waals surface area (Å²) in [5, 5.41) is 17.0. The van der Waals surface area contributed by atoms with Crippen LogP contribution in [0, 0.1) is 11.3 Å². The fourth-order valence-corrected chi connectivity index (χ4v) is 1.59. The summed E-state index contributed by atoms with van der Waals surface area (Å²) in [5.74, 6) is 0.987. The number of urea groups is 1. The van der Waals surface area contributed by atoms with Gasteiger partial charge in [0.1, 0.15) is 11.8 Å². The Kier molecular flexibility index (Phi) is 4.24. The molecule has 6 nitrogen and oxygen atoms in total. The maximum atomic E-state index is 11.1. The second kappa shape index (κ2) is 6.29. The van der Waals surface area contributed by atoms with Crippen molar-refractivity contribution in [3.8, 4) is 6.07 Å². The Balaban J connectivity index is 1.90. The molecule has 0 aliphatic carbocycles. The van der Waals surface area contributed by atoms with Gasteiger partial charge in [-0.3, -0.25) is 0 Å². The van der Waals surface area contributed by atoms with Crippen molar-refractivity contribution >= 4 is 17.4 Å². The van der Waals surface area contributed by atoms with Crippen LogP contribution in [0.1, 0.15) is 11.5 Å². The van der Waals surface area contributed by atoms with Crippen LogP contribution in [0.25, 0.3) is 0 Å². The third-order valence-corrected chi connectivity index (χ3v) is 2.61. The van der Waals surface area contributed by atoms with Gasteiger partial charge in [0.15, 0.2) is 0 Å². The topological polar surface area (TPSA) is 90.1 Å². The lowest BCUT2D eigenvalue weighted by Crippen LogP contribution is -2.24. The van der Waals surface area contributed by atoms with Gasteiger partial charge in [-0.1, -0.05) is 0 Å². The van der Waals surface area contributed by atoms with E-state index in [0.717, 1.165) is 5.69 Å². The van der Waals surface area contributed by atoms with Crippen LogP contribution in [0.5, 0.6) is 0 Å². The maximum Gasteiger partial charge on any atom is 0.318 e. The van der Waals surface area contributed by atoms with E-state index in [0.29, 0.717) is 23.8 Å². The highest BCUT2D eigenvalue weighted by Gasteiger charge is 2.02. The first kappa shape index (κ1) is 13.5. The minimum Gasteiger partial charge on any atom is -0.449 e. The van der Waals surface area contributed by atoms with E-state index >= 15 is 0 Å². The molecule has 0 radical (unpaired) electrons. The number of nitriles is 1. The van der Waals surface area contributed by atoms with E-state index in [-0.39, 0.29) is 6.03 Å². The number of carbonyl (C=O) groups excluding carboxylic acids is 1. The molecule has 2 aromatic rings. The van der Waals surface area contributed by atoms with Crippen LogP contribution in [0.2, 0.25) is 0 Å². The van der Waals surface area contributed by atoms with Gasteiger partial charge in [0, 0.05) is 18.4 Å². The highest BCUT2D eigenvalue weighted by atomic mass is 16.3. The van der Waals surface area contributed by atoms with Crippen LogP contribution >= 0.6 is 0 Å². The SMILES string of the molecule is CNC(=O)Nc1ccc(NCc2ccc(C#N)o2)cc1. The second-order valence-electron chi connectivity index (χ2n) is 4.01. The molecule has 0 atom stereocenters. The number of rotatable bonds is 4. The van der Waals surface area contributed by atoms with E-state index in [9.17, 15) is 4.79 Å². The normalized spacial score (nSPS) is 9.60. The Morgan fingerprint density at radius 3 is 2.50 bits per heavy atom. The van der Waals surface area contributed by atoms with Gasteiger partial charge in [0.2, 0.25) is 5.76 Å². The number of anilines is 2. The van der Waals surface area contributed by atoms with E-state index in [1.165, 1.54) is 0 Å². The molecule has 1 aromatic carbocycles. The van der Waals surface area contributed by atoms with Crippen molar-refractivity contribution < 1.29 is 9.21 Å². The molecule has 2 amide bonds. The number of carbonyl (C=O) groups is 1. The van der Waals surface area contributed by atoms with E-state index in [1.54, 1.807) is 31.3 Å². The van der Waals surface area contributed by atoms with Gasteiger partial charge in [0.05, 0.1) is 6.54 Å². The average Bonchev–Trinajstić information content (AvgIpc) is 2.94. The Morgan fingerprint density at radius 1 is 1.20 bits per heavy atom. The van der Waals surface area contributed by atoms with Crippen LogP contribution in [-0.2, 0) is 6.54 Å². The van der Waals surface area contributed by atoms with Gasteiger partial charge in [-0.2, -0.15) is 5.26 Å². The first-order chi connectivity index (χ1) is 9.71. The molecule has 0 unspecified atom stereocenters. The number of benzene rings is 1. The zero-order valence-electron chi connectivity index (χ0n) is 10.9. The van der Waals surface area contributed by atoms with Crippen molar-refractivity contribution in [3.63, 3.8) is 0 Å². The van der Waals surface area contributed by atoms with E-state index in [2.05, 4.69) is 16.0 Å². The molecule has 0 aliphatic heterocycles. The molecule has 6 heteroatoms. The Labute approximate surface area is 116 Å². The minimum absolute atomic E-state index is 0.259. The summed E-state index contributed by atoms with van der Waals surface area (Å²) in [6.45, 7) is 0.490. The first-order valence-electron chi connectivity index (χ1n) is 6.03. The number of hydrogen-bond acceptors (Lipinski definition) is 4. The number of nitrogens with one attached hydrogen (secondary N) is 3. The van der Waals surface area contributed by atoms with Crippen molar-refractivity contribution in [2.75, 3.05) is 17.7 Å². The average molecular weight is 270 g/mol. The van der Waals surface area contributed by atoms with Gasteiger partial charge in [-0.05, 0) is 36.4 Å². The Bertz CT molecular complexity index is 625. The molecule has 0 bridgehead atoms. The highest BCUT2D eigenvalue weighted by Crippen LogP contribution is 2.15. The zero-order chi connectivity index (χ0) is 14.4. The molecule has 0 spiro atoms. The molecule has 0 saturated carbocycles. The second-order valence-corrected chi connectivity index (χ2v) is 4.01. The Morgan fingerprint density at radius 2 is 1.90 bits per heavy atom. The van der Waals surface area contributed by atoms with Gasteiger partial charge in [-0.25, -0.2) is 4.79 Å². The van der Waals surface area contributed by atoms with Gasteiger partial charge in [-0.15, -0.1) is 0 Å². The van der Waals surface area contributed by atoms with Crippen molar-refractivity contribution in [1.82, 2.24) is 5.32 Å². The smallest absolute Gasteiger partial charge is 0.318 e. The molecular weight excluding hydrogens is 256 g/mol. The summed E-state index contributed by atoms with van der Waals surface area (Å²) in [5.41, 5.74) is 1.60. The molecule has 3 N–H and O–H groups in total. The lowest BCUT2D eigenvalue weighted by molar-refractivity contribution is 0.254. The third kappa shape index (κ3) is 3.53. The summed E-state index contributed by atoms with van der Waals surface area (Å²) < 4.78 is 5.26. The van der Waals surface area contributed by atoms with Crippen LogP contribution in [0.15, 0.2) is 40.8 Å². The minimum atomic E-state index is -0.259. The number of amides is 2. The molecule has 102 valence electrons. The van der Waals surface area contributed by atoms with Crippen LogP contribution < -0.4 is 16.0 Å². The summed E-state index contributed by atoms with van der Waals surface area (Å²) in [6.07, 6.45) is 0. The maximum absolute atomic E-state index is 11.1. The third-order valence-electron chi connectivity index (χ3n) is 2.61. The summed E-state index contributed by atoms with van der Waals surface area (Å²) in [4.78, 5) is 11.1. The van der Waals surface area contributed by atoms with Gasteiger partial charge < -0.3 is 20.4 Å². The van der Waals surface area contributed by atoms with Crippen LogP contribution in [0.3, 0.4) is 0 Å². The predicted molar refractivity (Wildman–Crippen MR) is 75.3 cm³/mol. The van der Waals surface area contributed by atoms with Crippen LogP contribution in [-0.4, -0.2) is 13.1 Å². The molecule has 20 heavy (non-hydrogen) atoms. The van der Waals surface area contributed by atoms with Gasteiger partial charge >= 0.3 is 6.03 Å². The molecule has 1 heterocycles. The van der Waals surface area contributed by atoms with Crippen molar-refractivity contribution in [1.29, 1.82) is 5.26 Å². The lowest BCUT2D eigenvalue weighted by Gasteiger charge is -2.07.